The van der Waals surface area contributed by atoms with Crippen LogP contribution in [0.25, 0.3) is 0 Å². The first-order chi connectivity index (χ1) is 8.70. The van der Waals surface area contributed by atoms with E-state index >= 15 is 0 Å². The molecular formula is C14H22N2O2. The Morgan fingerprint density at radius 1 is 1.50 bits per heavy atom. The van der Waals surface area contributed by atoms with Gasteiger partial charge < -0.3 is 20.1 Å². The first-order valence-corrected chi connectivity index (χ1v) is 6.47. The molecule has 2 rings (SSSR count). The zero-order chi connectivity index (χ0) is 13.0. The van der Waals surface area contributed by atoms with Crippen molar-refractivity contribution in [2.75, 3.05) is 30.9 Å². The Labute approximate surface area is 109 Å². The quantitative estimate of drug-likeness (QED) is 0.643. The molecule has 0 aromatic heterocycles. The molecule has 0 aliphatic carbocycles. The Kier molecular flexibility index (Phi) is 4.44. The maximum Gasteiger partial charge on any atom is 0.154 e. The second-order valence-corrected chi connectivity index (χ2v) is 4.72. The molecule has 18 heavy (non-hydrogen) atoms. The molecule has 1 heterocycles. The highest BCUT2D eigenvalue weighted by atomic mass is 16.7. The number of rotatable bonds is 5. The van der Waals surface area contributed by atoms with E-state index in [2.05, 4.69) is 11.0 Å². The Bertz CT molecular complexity index is 384. The van der Waals surface area contributed by atoms with E-state index in [1.165, 1.54) is 12.1 Å². The van der Waals surface area contributed by atoms with Crippen LogP contribution in [0.15, 0.2) is 24.3 Å². The van der Waals surface area contributed by atoms with Gasteiger partial charge in [0, 0.05) is 25.0 Å². The van der Waals surface area contributed by atoms with Crippen LogP contribution in [0, 0.1) is 0 Å². The molecular weight excluding hydrogens is 228 g/mol. The fourth-order valence-electron chi connectivity index (χ4n) is 2.37. The van der Waals surface area contributed by atoms with Gasteiger partial charge in [-0.15, -0.1) is 0 Å². The van der Waals surface area contributed by atoms with Crippen LogP contribution in [-0.2, 0) is 9.47 Å². The summed E-state index contributed by atoms with van der Waals surface area (Å²) < 4.78 is 10.8. The normalized spacial score (nSPS) is 21.2. The molecule has 4 heteroatoms. The third-order valence-electron chi connectivity index (χ3n) is 3.43. The molecule has 4 nitrogen and oxygen atoms in total. The highest BCUT2D eigenvalue weighted by Crippen LogP contribution is 2.27. The molecule has 2 atom stereocenters. The highest BCUT2D eigenvalue weighted by molar-refractivity contribution is 5.57. The van der Waals surface area contributed by atoms with E-state index in [0.717, 1.165) is 18.7 Å². The number of nitrogen functional groups attached to an aromatic ring is 1. The third-order valence-corrected chi connectivity index (χ3v) is 3.43. The number of nitrogens with two attached hydrogens (primary N) is 1. The highest BCUT2D eigenvalue weighted by Gasteiger charge is 2.25. The summed E-state index contributed by atoms with van der Waals surface area (Å²) in [7, 11) is 1.66. The Morgan fingerprint density at radius 2 is 2.33 bits per heavy atom. The average molecular weight is 250 g/mol. The van der Waals surface area contributed by atoms with E-state index in [0.29, 0.717) is 12.6 Å². The van der Waals surface area contributed by atoms with Crippen molar-refractivity contribution in [3.05, 3.63) is 24.3 Å². The molecule has 1 aliphatic rings. The van der Waals surface area contributed by atoms with Gasteiger partial charge in [-0.25, -0.2) is 0 Å². The zero-order valence-corrected chi connectivity index (χ0v) is 11.1. The van der Waals surface area contributed by atoms with E-state index in [9.17, 15) is 0 Å². The van der Waals surface area contributed by atoms with Crippen LogP contribution in [0.1, 0.15) is 19.8 Å². The van der Waals surface area contributed by atoms with Crippen molar-refractivity contribution in [2.45, 2.75) is 32.1 Å². The lowest BCUT2D eigenvalue weighted by molar-refractivity contribution is -0.113. The second-order valence-electron chi connectivity index (χ2n) is 4.72. The first-order valence-electron chi connectivity index (χ1n) is 6.47. The number of methoxy groups -OCH3 is 1. The topological polar surface area (TPSA) is 47.7 Å². The van der Waals surface area contributed by atoms with Crippen molar-refractivity contribution in [2.24, 2.45) is 0 Å². The van der Waals surface area contributed by atoms with Gasteiger partial charge in [-0.05, 0) is 38.0 Å². The van der Waals surface area contributed by atoms with Gasteiger partial charge in [-0.1, -0.05) is 6.07 Å². The minimum Gasteiger partial charge on any atom is -0.399 e. The smallest absolute Gasteiger partial charge is 0.154 e. The molecule has 0 radical (unpaired) electrons. The van der Waals surface area contributed by atoms with Crippen molar-refractivity contribution < 1.29 is 9.47 Å². The largest absolute Gasteiger partial charge is 0.399 e. The third kappa shape index (κ3) is 3.15. The molecule has 1 aromatic carbocycles. The lowest BCUT2D eigenvalue weighted by Gasteiger charge is -2.27. The van der Waals surface area contributed by atoms with E-state index in [4.69, 9.17) is 15.2 Å². The number of benzene rings is 1. The van der Waals surface area contributed by atoms with Crippen molar-refractivity contribution >= 4 is 11.4 Å². The van der Waals surface area contributed by atoms with Gasteiger partial charge >= 0.3 is 0 Å². The van der Waals surface area contributed by atoms with Crippen molar-refractivity contribution in [3.8, 4) is 0 Å². The molecule has 1 aromatic rings. The van der Waals surface area contributed by atoms with E-state index in [1.807, 2.05) is 25.1 Å². The molecule has 2 unspecified atom stereocenters. The molecule has 0 saturated carbocycles. The monoisotopic (exact) mass is 250 g/mol. The lowest BCUT2D eigenvalue weighted by Crippen LogP contribution is -2.34. The van der Waals surface area contributed by atoms with E-state index in [-0.39, 0.29) is 6.29 Å². The Balaban J connectivity index is 1.99. The predicted molar refractivity (Wildman–Crippen MR) is 73.6 cm³/mol. The fraction of sp³-hybridized carbons (Fsp3) is 0.571. The Morgan fingerprint density at radius 3 is 3.06 bits per heavy atom. The predicted octanol–water partition coefficient (Wildman–Crippen LogP) is 2.25. The van der Waals surface area contributed by atoms with Crippen LogP contribution < -0.4 is 10.6 Å². The van der Waals surface area contributed by atoms with Crippen LogP contribution in [0.5, 0.6) is 0 Å². The van der Waals surface area contributed by atoms with Crippen LogP contribution in [-0.4, -0.2) is 32.6 Å². The van der Waals surface area contributed by atoms with E-state index in [1.54, 1.807) is 7.11 Å². The van der Waals surface area contributed by atoms with Gasteiger partial charge in [-0.3, -0.25) is 0 Å². The summed E-state index contributed by atoms with van der Waals surface area (Å²) in [5, 5.41) is 0. The molecule has 2 N–H and O–H groups in total. The molecule has 1 aliphatic heterocycles. The molecule has 0 bridgehead atoms. The summed E-state index contributed by atoms with van der Waals surface area (Å²) >= 11 is 0. The summed E-state index contributed by atoms with van der Waals surface area (Å²) in [6.45, 7) is 3.68. The molecule has 0 spiro atoms. The first kappa shape index (κ1) is 13.2. The standard InChI is InChI=1S/C14H22N2O2/c1-11(17-2)18-10-14-7-4-8-16(14)13-6-3-5-12(15)9-13/h3,5-6,9,11,14H,4,7-8,10,15H2,1-2H3. The Hall–Kier alpha value is -1.26. The lowest BCUT2D eigenvalue weighted by atomic mass is 10.2. The van der Waals surface area contributed by atoms with Crippen LogP contribution >= 0.6 is 0 Å². The van der Waals surface area contributed by atoms with Crippen molar-refractivity contribution in [3.63, 3.8) is 0 Å². The van der Waals surface area contributed by atoms with Crippen molar-refractivity contribution in [1.29, 1.82) is 0 Å². The molecule has 100 valence electrons. The minimum atomic E-state index is -0.145. The maximum atomic E-state index is 5.84. The van der Waals surface area contributed by atoms with Crippen LogP contribution in [0.2, 0.25) is 0 Å². The van der Waals surface area contributed by atoms with Gasteiger partial charge in [0.25, 0.3) is 0 Å². The van der Waals surface area contributed by atoms with Gasteiger partial charge in [0.2, 0.25) is 0 Å². The minimum absolute atomic E-state index is 0.145. The van der Waals surface area contributed by atoms with Crippen LogP contribution in [0.4, 0.5) is 11.4 Å². The molecule has 1 fully saturated rings. The number of nitrogens with zero attached hydrogens (tertiary/aromatic N) is 1. The van der Waals surface area contributed by atoms with Gasteiger partial charge in [0.15, 0.2) is 6.29 Å². The van der Waals surface area contributed by atoms with Gasteiger partial charge in [0.1, 0.15) is 0 Å². The summed E-state index contributed by atoms with van der Waals surface area (Å²) in [6.07, 6.45) is 2.21. The molecule has 0 amide bonds. The number of hydrogen-bond acceptors (Lipinski definition) is 4. The summed E-state index contributed by atoms with van der Waals surface area (Å²) in [5.74, 6) is 0. The number of anilines is 2. The number of ether oxygens (including phenoxy) is 2. The van der Waals surface area contributed by atoms with Gasteiger partial charge in [0.05, 0.1) is 12.6 Å². The summed E-state index contributed by atoms with van der Waals surface area (Å²) in [5.41, 5.74) is 7.83. The van der Waals surface area contributed by atoms with Crippen molar-refractivity contribution in [1.82, 2.24) is 0 Å². The van der Waals surface area contributed by atoms with Gasteiger partial charge in [-0.2, -0.15) is 0 Å². The fourth-order valence-corrected chi connectivity index (χ4v) is 2.37. The molecule has 1 saturated heterocycles. The zero-order valence-electron chi connectivity index (χ0n) is 11.1. The summed E-state index contributed by atoms with van der Waals surface area (Å²) in [6, 6.07) is 8.47. The number of hydrogen-bond donors (Lipinski definition) is 1. The second kappa shape index (κ2) is 6.07. The SMILES string of the molecule is COC(C)OCC1CCCN1c1cccc(N)c1. The average Bonchev–Trinajstić information content (AvgIpc) is 2.84. The van der Waals surface area contributed by atoms with Crippen LogP contribution in [0.3, 0.4) is 0 Å². The maximum absolute atomic E-state index is 5.84. The summed E-state index contributed by atoms with van der Waals surface area (Å²) in [4.78, 5) is 2.37. The van der Waals surface area contributed by atoms with E-state index < -0.39 is 0 Å².